The molecule has 0 fully saturated rings. The zero-order chi connectivity index (χ0) is 35.6. The summed E-state index contributed by atoms with van der Waals surface area (Å²) in [7, 11) is 0. The van der Waals surface area contributed by atoms with Crippen LogP contribution in [0.3, 0.4) is 0 Å². The molecule has 0 saturated heterocycles. The molecular weight excluding hydrogens is 601 g/mol. The first-order valence-corrected chi connectivity index (χ1v) is 17.9. The smallest absolute Gasteiger partial charge is 0.00151 e. The molecule has 0 nitrogen and oxygen atoms in total. The molecule has 0 aliphatic carbocycles. The fraction of sp³-hybridized carbons (Fsp3) is 0.400. The molecule has 6 rings (SSSR count). The molecule has 0 N–H and O–H groups in total. The summed E-state index contributed by atoms with van der Waals surface area (Å²) in [6, 6.07) is 4.93. The van der Waals surface area contributed by atoms with E-state index >= 15 is 0 Å². The van der Waals surface area contributed by atoms with Gasteiger partial charge in [0.25, 0.3) is 0 Å². The second-order valence-electron chi connectivity index (χ2n) is 15.5. The van der Waals surface area contributed by atoms with Crippen LogP contribution in [0, 0.1) is 125 Å². The van der Waals surface area contributed by atoms with Gasteiger partial charge in [0, 0.05) is 0 Å². The first kappa shape index (κ1) is 38.9. The summed E-state index contributed by atoms with van der Waals surface area (Å²) in [5.74, 6) is 0. The summed E-state index contributed by atoms with van der Waals surface area (Å²) >= 11 is 0. The maximum Gasteiger partial charge on any atom is -0.00151 e. The van der Waals surface area contributed by atoms with E-state index in [1.54, 1.807) is 0 Å². The van der Waals surface area contributed by atoms with Gasteiger partial charge in [-0.25, -0.2) is 0 Å². The van der Waals surface area contributed by atoms with Crippen molar-refractivity contribution in [2.24, 2.45) is 0 Å². The van der Waals surface area contributed by atoms with E-state index in [1.165, 1.54) is 155 Å². The Bertz CT molecular complexity index is 2440. The van der Waals surface area contributed by atoms with Gasteiger partial charge in [0.15, 0.2) is 0 Å². The van der Waals surface area contributed by atoms with Crippen molar-refractivity contribution in [3.63, 3.8) is 0 Å². The number of benzene rings is 6. The molecule has 0 spiro atoms. The zero-order valence-corrected chi connectivity index (χ0v) is 33.2. The SMILES string of the molecule is C.C.Cc1cc(-c2c3c(C)c(C)c(C)c(C)c3c(-c3c(C)cc(C)c(C)c3C)c3c(C)c4c(C)c(C)c(C)c(C)c4c(C)c23)c(C)c(C)c1C. The van der Waals surface area contributed by atoms with Gasteiger partial charge in [-0.1, -0.05) is 27.0 Å². The Morgan fingerprint density at radius 3 is 1.00 bits per heavy atom. The number of aryl methyl sites for hydroxylation is 9. The first-order chi connectivity index (χ1) is 22.4. The summed E-state index contributed by atoms with van der Waals surface area (Å²) < 4.78 is 0. The van der Waals surface area contributed by atoms with Crippen molar-refractivity contribution in [1.29, 1.82) is 0 Å². The van der Waals surface area contributed by atoms with E-state index in [4.69, 9.17) is 0 Å². The molecule has 6 aromatic rings. The largest absolute Gasteiger partial charge is 0.0776 e. The Kier molecular flexibility index (Phi) is 10.1. The van der Waals surface area contributed by atoms with Crippen LogP contribution in [0.25, 0.3) is 54.6 Å². The fourth-order valence-electron chi connectivity index (χ4n) is 9.35. The minimum atomic E-state index is 0. The van der Waals surface area contributed by atoms with Gasteiger partial charge in [-0.3, -0.25) is 0 Å². The molecule has 0 aromatic heterocycles. The van der Waals surface area contributed by atoms with Crippen LogP contribution in [0.15, 0.2) is 12.1 Å². The van der Waals surface area contributed by atoms with Crippen molar-refractivity contribution in [2.45, 2.75) is 139 Å². The maximum absolute atomic E-state index is 2.50. The highest BCUT2D eigenvalue weighted by Crippen LogP contribution is 2.54. The van der Waals surface area contributed by atoms with E-state index in [-0.39, 0.29) is 14.9 Å². The second kappa shape index (κ2) is 13.0. The molecule has 50 heavy (non-hydrogen) atoms. The van der Waals surface area contributed by atoms with Gasteiger partial charge in [-0.2, -0.15) is 0 Å². The average molecular weight is 665 g/mol. The Balaban J connectivity index is 0.00000281. The molecule has 264 valence electrons. The van der Waals surface area contributed by atoms with Crippen molar-refractivity contribution in [1.82, 2.24) is 0 Å². The summed E-state index contributed by atoms with van der Waals surface area (Å²) in [6.45, 7) is 42.2. The normalized spacial score (nSPS) is 11.5. The molecular formula is C50H64. The van der Waals surface area contributed by atoms with Crippen molar-refractivity contribution in [2.75, 3.05) is 0 Å². The van der Waals surface area contributed by atoms with Gasteiger partial charge < -0.3 is 0 Å². The molecule has 0 heterocycles. The summed E-state index contributed by atoms with van der Waals surface area (Å²) in [6.07, 6.45) is 0. The third-order valence-corrected chi connectivity index (χ3v) is 13.5. The van der Waals surface area contributed by atoms with Crippen LogP contribution in [0.5, 0.6) is 0 Å². The number of hydrogen-bond donors (Lipinski definition) is 0. The number of hydrogen-bond acceptors (Lipinski definition) is 0. The van der Waals surface area contributed by atoms with E-state index in [2.05, 4.69) is 137 Å². The van der Waals surface area contributed by atoms with Gasteiger partial charge in [-0.05, 0) is 279 Å². The van der Waals surface area contributed by atoms with E-state index in [9.17, 15) is 0 Å². The van der Waals surface area contributed by atoms with Gasteiger partial charge in [0.2, 0.25) is 0 Å². The minimum Gasteiger partial charge on any atom is -0.0776 e. The Hall–Kier alpha value is -3.90. The second-order valence-corrected chi connectivity index (χ2v) is 15.5. The number of fused-ring (bicyclic) bond motifs is 3. The minimum absolute atomic E-state index is 0. The van der Waals surface area contributed by atoms with Crippen LogP contribution < -0.4 is 0 Å². The third-order valence-electron chi connectivity index (χ3n) is 13.5. The molecule has 0 unspecified atom stereocenters. The van der Waals surface area contributed by atoms with Crippen LogP contribution in [-0.4, -0.2) is 0 Å². The highest BCUT2D eigenvalue weighted by atomic mass is 14.3. The lowest BCUT2D eigenvalue weighted by molar-refractivity contribution is 1.22. The summed E-state index contributed by atoms with van der Waals surface area (Å²) in [5, 5.41) is 8.61. The van der Waals surface area contributed by atoms with Crippen molar-refractivity contribution in [3.8, 4) is 22.3 Å². The standard InChI is InChI=1S/C48H56.2CH4/c1-21-19-23(3)40(32(12)25(21)5)48-44-36(16)30(10)29(9)35(15)43(44)47(39-20-22(2)24(4)26(6)31(39)11)45-37(17)41-33(13)27(7)28(8)34(14)42(41)38(18)46(45)48;;/h19-20H,1-18H3;2*1H4. The van der Waals surface area contributed by atoms with Crippen molar-refractivity contribution in [3.05, 3.63) is 112 Å². The summed E-state index contributed by atoms with van der Waals surface area (Å²) in [4.78, 5) is 0. The van der Waals surface area contributed by atoms with Gasteiger partial charge >= 0.3 is 0 Å². The van der Waals surface area contributed by atoms with Gasteiger partial charge in [-0.15, -0.1) is 0 Å². The quantitative estimate of drug-likeness (QED) is 0.162. The Labute approximate surface area is 305 Å². The lowest BCUT2D eigenvalue weighted by Crippen LogP contribution is -2.06. The molecule has 0 aliphatic rings. The maximum atomic E-state index is 2.50. The van der Waals surface area contributed by atoms with Crippen LogP contribution in [0.4, 0.5) is 0 Å². The predicted octanol–water partition coefficient (Wildman–Crippen LogP) is 15.3. The van der Waals surface area contributed by atoms with Crippen LogP contribution in [-0.2, 0) is 0 Å². The molecule has 0 atom stereocenters. The molecule has 0 saturated carbocycles. The number of rotatable bonds is 2. The molecule has 6 aromatic carbocycles. The summed E-state index contributed by atoms with van der Waals surface area (Å²) in [5.41, 5.74) is 30.9. The molecule has 0 aliphatic heterocycles. The molecule has 0 heteroatoms. The molecule has 0 bridgehead atoms. The topological polar surface area (TPSA) is 0 Å². The first-order valence-electron chi connectivity index (χ1n) is 17.9. The molecule has 0 radical (unpaired) electrons. The van der Waals surface area contributed by atoms with Gasteiger partial charge in [0.1, 0.15) is 0 Å². The Morgan fingerprint density at radius 2 is 0.540 bits per heavy atom. The predicted molar refractivity (Wildman–Crippen MR) is 229 cm³/mol. The highest BCUT2D eigenvalue weighted by molar-refractivity contribution is 6.28. The van der Waals surface area contributed by atoms with E-state index in [1.807, 2.05) is 0 Å². The zero-order valence-electron chi connectivity index (χ0n) is 33.2. The van der Waals surface area contributed by atoms with E-state index < -0.39 is 0 Å². The van der Waals surface area contributed by atoms with E-state index in [0.717, 1.165) is 0 Å². The fourth-order valence-corrected chi connectivity index (χ4v) is 9.35. The van der Waals surface area contributed by atoms with Crippen molar-refractivity contribution < 1.29 is 0 Å². The van der Waals surface area contributed by atoms with Crippen LogP contribution >= 0.6 is 0 Å². The monoisotopic (exact) mass is 665 g/mol. The van der Waals surface area contributed by atoms with Gasteiger partial charge in [0.05, 0.1) is 0 Å². The highest BCUT2D eigenvalue weighted by Gasteiger charge is 2.29. The lowest BCUT2D eigenvalue weighted by atomic mass is 9.73. The van der Waals surface area contributed by atoms with Crippen LogP contribution in [0.1, 0.15) is 115 Å². The Morgan fingerprint density at radius 1 is 0.220 bits per heavy atom. The van der Waals surface area contributed by atoms with Crippen LogP contribution in [0.2, 0.25) is 0 Å². The van der Waals surface area contributed by atoms with Crippen molar-refractivity contribution >= 4 is 32.3 Å². The lowest BCUT2D eigenvalue weighted by Gasteiger charge is -2.30. The third kappa shape index (κ3) is 4.99. The van der Waals surface area contributed by atoms with E-state index in [0.29, 0.717) is 0 Å². The average Bonchev–Trinajstić information content (AvgIpc) is 3.04. The molecule has 0 amide bonds.